The van der Waals surface area contributed by atoms with Crippen LogP contribution in [0.25, 0.3) is 0 Å². The predicted molar refractivity (Wildman–Crippen MR) is 67.0 cm³/mol. The number of halogens is 3. The zero-order chi connectivity index (χ0) is 10.5. The summed E-state index contributed by atoms with van der Waals surface area (Å²) in [6.07, 6.45) is 0.701. The molecule has 0 amide bonds. The van der Waals surface area contributed by atoms with Crippen LogP contribution >= 0.6 is 47.8 Å². The normalized spacial score (nSPS) is 19.9. The molecular formula is C9H6Br3NO. The van der Waals surface area contributed by atoms with Crippen molar-refractivity contribution in [1.82, 2.24) is 0 Å². The Morgan fingerprint density at radius 3 is 2.71 bits per heavy atom. The fourth-order valence-corrected chi connectivity index (χ4v) is 3.39. The molecule has 0 fully saturated rings. The van der Waals surface area contributed by atoms with Crippen LogP contribution in [0.15, 0.2) is 15.0 Å². The molecule has 1 aromatic carbocycles. The summed E-state index contributed by atoms with van der Waals surface area (Å²) in [5, 5.41) is 0. The molecule has 0 bridgehead atoms. The molecule has 1 aromatic rings. The van der Waals surface area contributed by atoms with Crippen LogP contribution in [0.1, 0.15) is 15.9 Å². The van der Waals surface area contributed by atoms with E-state index in [4.69, 9.17) is 5.73 Å². The summed E-state index contributed by atoms with van der Waals surface area (Å²) in [5.74, 6) is 0.126. The Kier molecular flexibility index (Phi) is 2.74. The molecule has 5 heteroatoms. The highest BCUT2D eigenvalue weighted by Gasteiger charge is 2.31. The van der Waals surface area contributed by atoms with Gasteiger partial charge in [0.2, 0.25) is 0 Å². The highest BCUT2D eigenvalue weighted by atomic mass is 79.9. The predicted octanol–water partition coefficient (Wildman–Crippen LogP) is 3.30. The summed E-state index contributed by atoms with van der Waals surface area (Å²) in [4.78, 5) is 11.6. The molecule has 2 rings (SSSR count). The minimum atomic E-state index is -0.109. The molecule has 1 aliphatic carbocycles. The lowest BCUT2D eigenvalue weighted by atomic mass is 10.1. The summed E-state index contributed by atoms with van der Waals surface area (Å²) in [6.45, 7) is 0. The van der Waals surface area contributed by atoms with E-state index >= 15 is 0 Å². The Morgan fingerprint density at radius 1 is 1.43 bits per heavy atom. The van der Waals surface area contributed by atoms with Crippen LogP contribution in [0.3, 0.4) is 0 Å². The number of carbonyl (C=O) groups is 1. The number of benzene rings is 1. The number of anilines is 1. The van der Waals surface area contributed by atoms with Crippen molar-refractivity contribution >= 4 is 59.3 Å². The zero-order valence-electron chi connectivity index (χ0n) is 6.98. The van der Waals surface area contributed by atoms with E-state index < -0.39 is 0 Å². The van der Waals surface area contributed by atoms with Gasteiger partial charge in [0, 0.05) is 14.5 Å². The molecular weight excluding hydrogens is 378 g/mol. The molecule has 0 saturated heterocycles. The van der Waals surface area contributed by atoms with Crippen molar-refractivity contribution in [3.8, 4) is 0 Å². The van der Waals surface area contributed by atoms with E-state index in [0.717, 1.165) is 20.1 Å². The maximum atomic E-state index is 11.7. The van der Waals surface area contributed by atoms with Crippen LogP contribution in [-0.4, -0.2) is 10.6 Å². The molecule has 2 N–H and O–H groups in total. The number of fused-ring (bicyclic) bond motifs is 1. The Balaban J connectivity index is 2.70. The molecule has 1 aliphatic rings. The molecule has 0 spiro atoms. The third-order valence-corrected chi connectivity index (χ3v) is 4.59. The van der Waals surface area contributed by atoms with Gasteiger partial charge in [0.1, 0.15) is 0 Å². The second-order valence-corrected chi connectivity index (χ2v) is 5.90. The van der Waals surface area contributed by atoms with E-state index in [1.54, 1.807) is 6.07 Å². The minimum absolute atomic E-state index is 0.109. The Bertz CT molecular complexity index is 431. The highest BCUT2D eigenvalue weighted by molar-refractivity contribution is 9.11. The molecule has 0 unspecified atom stereocenters. The number of nitrogen functional groups attached to an aromatic ring is 1. The molecule has 14 heavy (non-hydrogen) atoms. The number of nitrogens with two attached hydrogens (primary N) is 1. The third-order valence-electron chi connectivity index (χ3n) is 2.29. The van der Waals surface area contributed by atoms with Crippen molar-refractivity contribution in [1.29, 1.82) is 0 Å². The monoisotopic (exact) mass is 381 g/mol. The topological polar surface area (TPSA) is 43.1 Å². The molecule has 0 radical (unpaired) electrons. The van der Waals surface area contributed by atoms with Crippen molar-refractivity contribution in [2.45, 2.75) is 11.2 Å². The number of ketones is 1. The largest absolute Gasteiger partial charge is 0.397 e. The molecule has 0 aliphatic heterocycles. The Morgan fingerprint density at radius 2 is 2.07 bits per heavy atom. The Labute approximate surface area is 107 Å². The summed E-state index contributed by atoms with van der Waals surface area (Å²) >= 11 is 10.1. The van der Waals surface area contributed by atoms with E-state index in [2.05, 4.69) is 47.8 Å². The number of hydrogen-bond acceptors (Lipinski definition) is 2. The van der Waals surface area contributed by atoms with E-state index in [-0.39, 0.29) is 10.6 Å². The van der Waals surface area contributed by atoms with Gasteiger partial charge in [-0.1, -0.05) is 15.9 Å². The average Bonchev–Trinajstić information content (AvgIpc) is 2.42. The van der Waals surface area contributed by atoms with Gasteiger partial charge in [-0.05, 0) is 49.9 Å². The number of carbonyl (C=O) groups excluding carboxylic acids is 1. The SMILES string of the molecule is Nc1c(Br)cc2c(c1Br)C[C@@H](Br)C2=O. The van der Waals surface area contributed by atoms with Crippen molar-refractivity contribution in [2.24, 2.45) is 0 Å². The maximum absolute atomic E-state index is 11.7. The summed E-state index contributed by atoms with van der Waals surface area (Å²) in [5.41, 5.74) is 8.22. The van der Waals surface area contributed by atoms with Gasteiger partial charge >= 0.3 is 0 Å². The summed E-state index contributed by atoms with van der Waals surface area (Å²) in [6, 6.07) is 1.79. The van der Waals surface area contributed by atoms with Crippen LogP contribution in [0.5, 0.6) is 0 Å². The van der Waals surface area contributed by atoms with Crippen molar-refractivity contribution in [3.63, 3.8) is 0 Å². The number of Topliss-reactive ketones (excluding diaryl/α,β-unsaturated/α-hetero) is 1. The van der Waals surface area contributed by atoms with Crippen molar-refractivity contribution < 1.29 is 4.79 Å². The summed E-state index contributed by atoms with van der Waals surface area (Å²) < 4.78 is 1.59. The van der Waals surface area contributed by atoms with Crippen molar-refractivity contribution in [3.05, 3.63) is 26.1 Å². The zero-order valence-corrected chi connectivity index (χ0v) is 11.7. The standard InChI is InChI=1S/C9H6Br3NO/c10-5-2-4-3(7(12)8(5)13)1-6(11)9(4)14/h2,6H,1,13H2/t6-/m1/s1. The second-order valence-electron chi connectivity index (χ2n) is 3.15. The molecule has 0 aromatic heterocycles. The van der Waals surface area contributed by atoms with Crippen LogP contribution < -0.4 is 5.73 Å². The van der Waals surface area contributed by atoms with Gasteiger partial charge in [-0.3, -0.25) is 4.79 Å². The third kappa shape index (κ3) is 1.46. The van der Waals surface area contributed by atoms with Gasteiger partial charge in [-0.25, -0.2) is 0 Å². The van der Waals surface area contributed by atoms with Gasteiger partial charge in [0.05, 0.1) is 10.5 Å². The highest BCUT2D eigenvalue weighted by Crippen LogP contribution is 2.39. The first-order valence-corrected chi connectivity index (χ1v) is 6.47. The smallest absolute Gasteiger partial charge is 0.177 e. The van der Waals surface area contributed by atoms with E-state index in [0.29, 0.717) is 12.1 Å². The van der Waals surface area contributed by atoms with Gasteiger partial charge in [0.15, 0.2) is 5.78 Å². The van der Waals surface area contributed by atoms with E-state index in [1.807, 2.05) is 0 Å². The molecule has 1 atom stereocenters. The molecule has 0 heterocycles. The molecule has 74 valence electrons. The van der Waals surface area contributed by atoms with Crippen molar-refractivity contribution in [2.75, 3.05) is 5.73 Å². The lowest BCUT2D eigenvalue weighted by Crippen LogP contribution is -2.05. The summed E-state index contributed by atoms with van der Waals surface area (Å²) in [7, 11) is 0. The quantitative estimate of drug-likeness (QED) is 0.552. The number of rotatable bonds is 0. The number of alkyl halides is 1. The first-order chi connectivity index (χ1) is 6.52. The maximum Gasteiger partial charge on any atom is 0.177 e. The van der Waals surface area contributed by atoms with E-state index in [9.17, 15) is 4.79 Å². The minimum Gasteiger partial charge on any atom is -0.397 e. The molecule has 2 nitrogen and oxygen atoms in total. The second kappa shape index (κ2) is 3.61. The fourth-order valence-electron chi connectivity index (χ4n) is 1.54. The van der Waals surface area contributed by atoms with E-state index in [1.165, 1.54) is 0 Å². The first-order valence-electron chi connectivity index (χ1n) is 3.97. The van der Waals surface area contributed by atoms with Gasteiger partial charge in [0.25, 0.3) is 0 Å². The Hall–Kier alpha value is 0.130. The van der Waals surface area contributed by atoms with Crippen LogP contribution in [0, 0.1) is 0 Å². The van der Waals surface area contributed by atoms with Crippen LogP contribution in [0.2, 0.25) is 0 Å². The van der Waals surface area contributed by atoms with Crippen LogP contribution in [0.4, 0.5) is 5.69 Å². The number of hydrogen-bond donors (Lipinski definition) is 1. The average molecular weight is 384 g/mol. The van der Waals surface area contributed by atoms with Crippen LogP contribution in [-0.2, 0) is 6.42 Å². The van der Waals surface area contributed by atoms with Gasteiger partial charge < -0.3 is 5.73 Å². The lowest BCUT2D eigenvalue weighted by Gasteiger charge is -2.06. The molecule has 0 saturated carbocycles. The lowest BCUT2D eigenvalue weighted by molar-refractivity contribution is 0.100. The first kappa shape index (κ1) is 10.6. The van der Waals surface area contributed by atoms with Gasteiger partial charge in [-0.2, -0.15) is 0 Å². The van der Waals surface area contributed by atoms with Gasteiger partial charge in [-0.15, -0.1) is 0 Å². The fraction of sp³-hybridized carbons (Fsp3) is 0.222.